The average Bonchev–Trinajstić information content (AvgIpc) is 2.81. The zero-order valence-electron chi connectivity index (χ0n) is 22.5. The van der Waals surface area contributed by atoms with E-state index in [1.807, 2.05) is 0 Å². The van der Waals surface area contributed by atoms with Crippen LogP contribution in [0, 0.1) is 0 Å². The van der Waals surface area contributed by atoms with Crippen molar-refractivity contribution in [2.24, 2.45) is 0 Å². The van der Waals surface area contributed by atoms with Gasteiger partial charge < -0.3 is 19.7 Å². The summed E-state index contributed by atoms with van der Waals surface area (Å²) in [5.41, 5.74) is 0. The zero-order chi connectivity index (χ0) is 27.1. The standard InChI is InChI=1S/C25H48NO9P/c1-4-5-6-7-8-9-10-11-12-13-14-15-16-17-25(29)32-20-24(35-23(3)28)21-34-36(30,31)33-19-18-26-22(2)27/h24H,4-21H2,1-3H3,(H,26,27)(H,30,31)/t24-/m1/s1. The third-order valence-corrected chi connectivity index (χ3v) is 6.39. The summed E-state index contributed by atoms with van der Waals surface area (Å²) in [5.74, 6) is -1.37. The Morgan fingerprint density at radius 3 is 1.83 bits per heavy atom. The van der Waals surface area contributed by atoms with Crippen LogP contribution in [-0.2, 0) is 37.5 Å². The molecule has 36 heavy (non-hydrogen) atoms. The second kappa shape index (κ2) is 22.7. The second-order valence-corrected chi connectivity index (χ2v) is 10.4. The lowest BCUT2D eigenvalue weighted by Gasteiger charge is -2.19. The Morgan fingerprint density at radius 2 is 1.33 bits per heavy atom. The Balaban J connectivity index is 3.92. The molecule has 0 saturated heterocycles. The zero-order valence-corrected chi connectivity index (χ0v) is 23.4. The molecule has 11 heteroatoms. The number of amides is 1. The van der Waals surface area contributed by atoms with Crippen LogP contribution < -0.4 is 5.32 Å². The van der Waals surface area contributed by atoms with Crippen molar-refractivity contribution in [2.45, 2.75) is 117 Å². The first-order chi connectivity index (χ1) is 17.2. The van der Waals surface area contributed by atoms with Crippen molar-refractivity contribution < 1.29 is 42.4 Å². The number of phosphoric ester groups is 1. The number of unbranched alkanes of at least 4 members (excludes halogenated alkanes) is 12. The third-order valence-electron chi connectivity index (χ3n) is 5.40. The van der Waals surface area contributed by atoms with Gasteiger partial charge >= 0.3 is 19.8 Å². The molecule has 212 valence electrons. The number of phosphoric acid groups is 1. The first-order valence-electron chi connectivity index (χ1n) is 13.4. The Bertz CT molecular complexity index is 645. The summed E-state index contributed by atoms with van der Waals surface area (Å²) in [4.78, 5) is 43.7. The van der Waals surface area contributed by atoms with E-state index in [-0.39, 0.29) is 32.1 Å². The van der Waals surface area contributed by atoms with Gasteiger partial charge in [-0.05, 0) is 6.42 Å². The molecule has 0 aliphatic rings. The number of ether oxygens (including phenoxy) is 2. The van der Waals surface area contributed by atoms with E-state index in [1.165, 1.54) is 78.1 Å². The normalized spacial score (nSPS) is 13.6. The predicted octanol–water partition coefficient (Wildman–Crippen LogP) is 5.21. The van der Waals surface area contributed by atoms with E-state index >= 15 is 0 Å². The predicted molar refractivity (Wildman–Crippen MR) is 137 cm³/mol. The summed E-state index contributed by atoms with van der Waals surface area (Å²) in [6.45, 7) is 3.73. The van der Waals surface area contributed by atoms with Gasteiger partial charge in [0.2, 0.25) is 5.91 Å². The van der Waals surface area contributed by atoms with Crippen LogP contribution in [0.4, 0.5) is 0 Å². The van der Waals surface area contributed by atoms with Crippen molar-refractivity contribution in [3.05, 3.63) is 0 Å². The minimum Gasteiger partial charge on any atom is -0.462 e. The second-order valence-electron chi connectivity index (χ2n) is 8.99. The maximum Gasteiger partial charge on any atom is 0.472 e. The lowest BCUT2D eigenvalue weighted by atomic mass is 10.0. The highest BCUT2D eigenvalue weighted by Crippen LogP contribution is 2.43. The first-order valence-corrected chi connectivity index (χ1v) is 14.8. The molecular formula is C25H48NO9P. The molecule has 0 heterocycles. The van der Waals surface area contributed by atoms with Gasteiger partial charge in [-0.2, -0.15) is 0 Å². The van der Waals surface area contributed by atoms with Crippen LogP contribution in [-0.4, -0.2) is 55.2 Å². The molecule has 0 saturated carbocycles. The summed E-state index contributed by atoms with van der Waals surface area (Å²) < 4.78 is 31.6. The average molecular weight is 538 g/mol. The Kier molecular flexibility index (Phi) is 21.8. The van der Waals surface area contributed by atoms with E-state index in [0.29, 0.717) is 0 Å². The van der Waals surface area contributed by atoms with Gasteiger partial charge in [0.1, 0.15) is 6.61 Å². The number of hydrogen-bond donors (Lipinski definition) is 2. The van der Waals surface area contributed by atoms with Crippen molar-refractivity contribution in [1.82, 2.24) is 5.32 Å². The number of carbonyl (C=O) groups excluding carboxylic acids is 3. The fraction of sp³-hybridized carbons (Fsp3) is 0.880. The molecule has 0 bridgehead atoms. The van der Waals surface area contributed by atoms with E-state index < -0.39 is 32.5 Å². The molecule has 0 spiro atoms. The summed E-state index contributed by atoms with van der Waals surface area (Å²) in [6, 6.07) is 0. The van der Waals surface area contributed by atoms with Gasteiger partial charge in [0.25, 0.3) is 0 Å². The van der Waals surface area contributed by atoms with Gasteiger partial charge in [-0.15, -0.1) is 0 Å². The highest BCUT2D eigenvalue weighted by Gasteiger charge is 2.25. The minimum absolute atomic E-state index is 0.0351. The SMILES string of the molecule is CCCCCCCCCCCCCCCC(=O)OC[C@H](COP(=O)(O)OCCNC(C)=O)OC(C)=O. The summed E-state index contributed by atoms with van der Waals surface area (Å²) in [5, 5.41) is 2.41. The maximum atomic E-state index is 12.0. The fourth-order valence-electron chi connectivity index (χ4n) is 3.50. The van der Waals surface area contributed by atoms with Crippen LogP contribution in [0.1, 0.15) is 111 Å². The Hall–Kier alpha value is -1.48. The molecule has 0 aliphatic carbocycles. The van der Waals surface area contributed by atoms with Crippen molar-refractivity contribution in [3.63, 3.8) is 0 Å². The van der Waals surface area contributed by atoms with E-state index in [0.717, 1.165) is 19.3 Å². The van der Waals surface area contributed by atoms with Gasteiger partial charge in [-0.1, -0.05) is 84.0 Å². The highest BCUT2D eigenvalue weighted by atomic mass is 31.2. The highest BCUT2D eigenvalue weighted by molar-refractivity contribution is 7.47. The third kappa shape index (κ3) is 24.2. The number of carbonyl (C=O) groups is 3. The summed E-state index contributed by atoms with van der Waals surface area (Å²) in [6.07, 6.45) is 15.0. The molecule has 0 rings (SSSR count). The molecular weight excluding hydrogens is 489 g/mol. The number of rotatable bonds is 24. The Morgan fingerprint density at radius 1 is 0.806 bits per heavy atom. The van der Waals surface area contributed by atoms with E-state index in [2.05, 4.69) is 12.2 Å². The molecule has 0 aromatic carbocycles. The molecule has 0 aromatic heterocycles. The summed E-state index contributed by atoms with van der Waals surface area (Å²) in [7, 11) is -4.42. The maximum absolute atomic E-state index is 12.0. The fourth-order valence-corrected chi connectivity index (χ4v) is 4.25. The number of esters is 2. The smallest absolute Gasteiger partial charge is 0.462 e. The van der Waals surface area contributed by atoms with Gasteiger partial charge in [0.15, 0.2) is 6.10 Å². The van der Waals surface area contributed by atoms with E-state index in [9.17, 15) is 23.8 Å². The van der Waals surface area contributed by atoms with E-state index in [1.54, 1.807) is 0 Å². The molecule has 1 unspecified atom stereocenters. The van der Waals surface area contributed by atoms with Gasteiger partial charge in [0, 0.05) is 26.8 Å². The lowest BCUT2D eigenvalue weighted by molar-refractivity contribution is -0.159. The van der Waals surface area contributed by atoms with Crippen molar-refractivity contribution in [3.8, 4) is 0 Å². The van der Waals surface area contributed by atoms with Crippen LogP contribution in [0.5, 0.6) is 0 Å². The van der Waals surface area contributed by atoms with Crippen LogP contribution in [0.2, 0.25) is 0 Å². The first kappa shape index (κ1) is 34.5. The molecule has 2 N–H and O–H groups in total. The molecule has 0 fully saturated rings. The molecule has 10 nitrogen and oxygen atoms in total. The lowest BCUT2D eigenvalue weighted by Crippen LogP contribution is -2.29. The van der Waals surface area contributed by atoms with Crippen LogP contribution in [0.25, 0.3) is 0 Å². The number of hydrogen-bond acceptors (Lipinski definition) is 8. The quantitative estimate of drug-likeness (QED) is 0.0965. The molecule has 0 aliphatic heterocycles. The van der Waals surface area contributed by atoms with Gasteiger partial charge in [0.05, 0.1) is 13.2 Å². The van der Waals surface area contributed by atoms with Crippen molar-refractivity contribution in [1.29, 1.82) is 0 Å². The van der Waals surface area contributed by atoms with Crippen LogP contribution in [0.3, 0.4) is 0 Å². The number of nitrogens with one attached hydrogen (secondary N) is 1. The van der Waals surface area contributed by atoms with Crippen LogP contribution >= 0.6 is 7.82 Å². The monoisotopic (exact) mass is 537 g/mol. The van der Waals surface area contributed by atoms with Crippen LogP contribution in [0.15, 0.2) is 0 Å². The van der Waals surface area contributed by atoms with E-state index in [4.69, 9.17) is 18.5 Å². The van der Waals surface area contributed by atoms with Crippen molar-refractivity contribution in [2.75, 3.05) is 26.4 Å². The minimum atomic E-state index is -4.42. The Labute approximate surface area is 216 Å². The largest absolute Gasteiger partial charge is 0.472 e. The molecule has 1 amide bonds. The molecule has 0 aromatic rings. The van der Waals surface area contributed by atoms with Gasteiger partial charge in [-0.25, -0.2) is 4.57 Å². The molecule has 2 atom stereocenters. The van der Waals surface area contributed by atoms with Crippen molar-refractivity contribution >= 4 is 25.7 Å². The van der Waals surface area contributed by atoms with Gasteiger partial charge in [-0.3, -0.25) is 23.4 Å². The summed E-state index contributed by atoms with van der Waals surface area (Å²) >= 11 is 0. The molecule has 0 radical (unpaired) electrons. The topological polar surface area (TPSA) is 137 Å².